The number of aromatic amines is 1. The first-order valence-corrected chi connectivity index (χ1v) is 6.96. The molecule has 0 aliphatic heterocycles. The molecule has 110 valence electrons. The average molecular weight is 286 g/mol. The molecule has 1 heterocycles. The molecule has 1 aromatic heterocycles. The minimum absolute atomic E-state index is 0.0557. The van der Waals surface area contributed by atoms with Crippen LogP contribution in [0.25, 0.3) is 10.9 Å². The van der Waals surface area contributed by atoms with E-state index in [1.54, 1.807) is 19.2 Å². The van der Waals surface area contributed by atoms with Crippen molar-refractivity contribution in [3.8, 4) is 0 Å². The van der Waals surface area contributed by atoms with Crippen LogP contribution in [0, 0.1) is 0 Å². The van der Waals surface area contributed by atoms with Gasteiger partial charge in [0.25, 0.3) is 5.91 Å². The number of benzene rings is 1. The summed E-state index contributed by atoms with van der Waals surface area (Å²) in [6.07, 6.45) is 2.06. The molecule has 1 aromatic carbocycles. The molecule has 4 N–H and O–H groups in total. The standard InChI is InChI=1S/C15H18N4O2/c1-19(8-13(20)17-10-5-6-10)15(21)12-7-9-3-2-4-11(16)14(9)18-12/h2-4,7,10,18H,5-6,8,16H2,1H3,(H,17,20). The van der Waals surface area contributed by atoms with E-state index in [9.17, 15) is 9.59 Å². The molecule has 0 atom stereocenters. The van der Waals surface area contributed by atoms with Crippen LogP contribution in [0.3, 0.4) is 0 Å². The summed E-state index contributed by atoms with van der Waals surface area (Å²) in [5.41, 5.74) is 7.65. The molecule has 1 fully saturated rings. The van der Waals surface area contributed by atoms with Gasteiger partial charge in [-0.05, 0) is 25.0 Å². The van der Waals surface area contributed by atoms with Gasteiger partial charge in [-0.3, -0.25) is 9.59 Å². The summed E-state index contributed by atoms with van der Waals surface area (Å²) in [6, 6.07) is 7.56. The van der Waals surface area contributed by atoms with Crippen molar-refractivity contribution in [3.05, 3.63) is 30.0 Å². The number of anilines is 1. The summed E-state index contributed by atoms with van der Waals surface area (Å²) in [5.74, 6) is -0.347. The molecular weight excluding hydrogens is 268 g/mol. The molecule has 6 heteroatoms. The van der Waals surface area contributed by atoms with Crippen LogP contribution < -0.4 is 11.1 Å². The number of carbonyl (C=O) groups is 2. The summed E-state index contributed by atoms with van der Waals surface area (Å²) in [7, 11) is 1.61. The van der Waals surface area contributed by atoms with E-state index in [4.69, 9.17) is 5.73 Å². The summed E-state index contributed by atoms with van der Waals surface area (Å²) >= 11 is 0. The van der Waals surface area contributed by atoms with E-state index in [0.717, 1.165) is 23.7 Å². The van der Waals surface area contributed by atoms with Gasteiger partial charge >= 0.3 is 0 Å². The van der Waals surface area contributed by atoms with Gasteiger partial charge in [-0.1, -0.05) is 12.1 Å². The van der Waals surface area contributed by atoms with E-state index in [1.807, 2.05) is 12.1 Å². The van der Waals surface area contributed by atoms with E-state index in [-0.39, 0.29) is 18.4 Å². The molecule has 1 aliphatic rings. The average Bonchev–Trinajstić information content (AvgIpc) is 3.13. The third kappa shape index (κ3) is 2.84. The summed E-state index contributed by atoms with van der Waals surface area (Å²) < 4.78 is 0. The van der Waals surface area contributed by atoms with Crippen molar-refractivity contribution in [2.24, 2.45) is 0 Å². The van der Waals surface area contributed by atoms with Gasteiger partial charge in [0.05, 0.1) is 17.7 Å². The molecule has 1 aliphatic carbocycles. The van der Waals surface area contributed by atoms with E-state index in [0.29, 0.717) is 17.4 Å². The lowest BCUT2D eigenvalue weighted by molar-refractivity contribution is -0.121. The van der Waals surface area contributed by atoms with Gasteiger partial charge < -0.3 is 20.9 Å². The number of aromatic nitrogens is 1. The molecule has 0 radical (unpaired) electrons. The lowest BCUT2D eigenvalue weighted by atomic mass is 10.2. The van der Waals surface area contributed by atoms with Gasteiger partial charge in [0, 0.05) is 18.5 Å². The number of H-pyrrole nitrogens is 1. The zero-order chi connectivity index (χ0) is 15.0. The first kappa shape index (κ1) is 13.5. The Hall–Kier alpha value is -2.50. The second kappa shape index (κ2) is 5.12. The van der Waals surface area contributed by atoms with Crippen LogP contribution in [-0.2, 0) is 4.79 Å². The maximum atomic E-state index is 12.3. The van der Waals surface area contributed by atoms with Crippen LogP contribution in [0.15, 0.2) is 24.3 Å². The number of carbonyl (C=O) groups excluding carboxylic acids is 2. The van der Waals surface area contributed by atoms with Crippen molar-refractivity contribution in [2.75, 3.05) is 19.3 Å². The molecule has 6 nitrogen and oxygen atoms in total. The summed E-state index contributed by atoms with van der Waals surface area (Å²) in [4.78, 5) is 28.5. The van der Waals surface area contributed by atoms with Crippen LogP contribution in [0.2, 0.25) is 0 Å². The smallest absolute Gasteiger partial charge is 0.270 e. The maximum Gasteiger partial charge on any atom is 0.270 e. The quantitative estimate of drug-likeness (QED) is 0.735. The lowest BCUT2D eigenvalue weighted by Crippen LogP contribution is -2.39. The van der Waals surface area contributed by atoms with E-state index in [1.165, 1.54) is 4.90 Å². The number of nitrogens with zero attached hydrogens (tertiary/aromatic N) is 1. The number of nitrogen functional groups attached to an aromatic ring is 1. The Morgan fingerprint density at radius 1 is 1.43 bits per heavy atom. The van der Waals surface area contributed by atoms with Crippen LogP contribution >= 0.6 is 0 Å². The van der Waals surface area contributed by atoms with E-state index in [2.05, 4.69) is 10.3 Å². The topological polar surface area (TPSA) is 91.2 Å². The predicted octanol–water partition coefficient (Wildman–Crippen LogP) is 1.10. The highest BCUT2D eigenvalue weighted by Gasteiger charge is 2.24. The first-order valence-electron chi connectivity index (χ1n) is 6.96. The van der Waals surface area contributed by atoms with Gasteiger partial charge in [0.1, 0.15) is 5.69 Å². The Balaban J connectivity index is 1.72. The Bertz CT molecular complexity index is 703. The zero-order valence-electron chi connectivity index (χ0n) is 11.8. The summed E-state index contributed by atoms with van der Waals surface area (Å²) in [5, 5.41) is 3.75. The molecule has 0 saturated heterocycles. The number of hydrogen-bond acceptors (Lipinski definition) is 3. The fraction of sp³-hybridized carbons (Fsp3) is 0.333. The van der Waals surface area contributed by atoms with Gasteiger partial charge in [-0.25, -0.2) is 0 Å². The van der Waals surface area contributed by atoms with Gasteiger partial charge in [-0.15, -0.1) is 0 Å². The Morgan fingerprint density at radius 3 is 2.86 bits per heavy atom. The predicted molar refractivity (Wildman–Crippen MR) is 80.8 cm³/mol. The van der Waals surface area contributed by atoms with Gasteiger partial charge in [0.2, 0.25) is 5.91 Å². The molecule has 0 bridgehead atoms. The number of nitrogens with two attached hydrogens (primary N) is 1. The van der Waals surface area contributed by atoms with Crippen molar-refractivity contribution >= 4 is 28.4 Å². The molecule has 0 unspecified atom stereocenters. The van der Waals surface area contributed by atoms with Crippen LogP contribution in [-0.4, -0.2) is 41.3 Å². The van der Waals surface area contributed by atoms with Crippen molar-refractivity contribution in [3.63, 3.8) is 0 Å². The molecule has 2 aromatic rings. The zero-order valence-corrected chi connectivity index (χ0v) is 11.8. The fourth-order valence-corrected chi connectivity index (χ4v) is 2.29. The Kier molecular flexibility index (Phi) is 3.29. The first-order chi connectivity index (χ1) is 10.0. The molecule has 21 heavy (non-hydrogen) atoms. The number of fused-ring (bicyclic) bond motifs is 1. The second-order valence-corrected chi connectivity index (χ2v) is 5.50. The van der Waals surface area contributed by atoms with Crippen LogP contribution in [0.1, 0.15) is 23.3 Å². The number of nitrogens with one attached hydrogen (secondary N) is 2. The number of rotatable bonds is 4. The fourth-order valence-electron chi connectivity index (χ4n) is 2.29. The molecule has 3 rings (SSSR count). The minimum Gasteiger partial charge on any atom is -0.397 e. The third-order valence-electron chi connectivity index (χ3n) is 3.59. The monoisotopic (exact) mass is 286 g/mol. The van der Waals surface area contributed by atoms with E-state index < -0.39 is 0 Å². The van der Waals surface area contributed by atoms with Crippen molar-refractivity contribution in [1.29, 1.82) is 0 Å². The molecule has 0 spiro atoms. The van der Waals surface area contributed by atoms with Crippen molar-refractivity contribution in [1.82, 2.24) is 15.2 Å². The minimum atomic E-state index is -0.225. The Morgan fingerprint density at radius 2 is 2.19 bits per heavy atom. The van der Waals surface area contributed by atoms with Crippen molar-refractivity contribution < 1.29 is 9.59 Å². The molecule has 1 saturated carbocycles. The highest BCUT2D eigenvalue weighted by atomic mass is 16.2. The van der Waals surface area contributed by atoms with E-state index >= 15 is 0 Å². The Labute approximate surface area is 122 Å². The molecule has 2 amide bonds. The largest absolute Gasteiger partial charge is 0.397 e. The van der Waals surface area contributed by atoms with Crippen molar-refractivity contribution in [2.45, 2.75) is 18.9 Å². The number of hydrogen-bond donors (Lipinski definition) is 3. The number of para-hydroxylation sites is 1. The summed E-state index contributed by atoms with van der Waals surface area (Å²) in [6.45, 7) is 0.0557. The lowest BCUT2D eigenvalue weighted by Gasteiger charge is -2.15. The van der Waals surface area contributed by atoms with Crippen LogP contribution in [0.4, 0.5) is 5.69 Å². The van der Waals surface area contributed by atoms with Gasteiger partial charge in [0.15, 0.2) is 0 Å². The normalized spacial score (nSPS) is 14.1. The molecular formula is C15H18N4O2. The maximum absolute atomic E-state index is 12.3. The SMILES string of the molecule is CN(CC(=O)NC1CC1)C(=O)c1cc2cccc(N)c2[nH]1. The number of amides is 2. The second-order valence-electron chi connectivity index (χ2n) is 5.50. The van der Waals surface area contributed by atoms with Crippen LogP contribution in [0.5, 0.6) is 0 Å². The number of likely N-dealkylation sites (N-methyl/N-ethyl adjacent to an activating group) is 1. The van der Waals surface area contributed by atoms with Gasteiger partial charge in [-0.2, -0.15) is 0 Å². The third-order valence-corrected chi connectivity index (χ3v) is 3.59. The highest BCUT2D eigenvalue weighted by molar-refractivity contribution is 6.01. The highest BCUT2D eigenvalue weighted by Crippen LogP contribution is 2.22.